The summed E-state index contributed by atoms with van der Waals surface area (Å²) in [5.74, 6) is -1.70. The molecule has 2 aromatic carbocycles. The number of hydrogen-bond donors (Lipinski definition) is 3. The lowest BCUT2D eigenvalue weighted by molar-refractivity contribution is -0.123. The fourth-order valence-electron chi connectivity index (χ4n) is 2.59. The Morgan fingerprint density at radius 1 is 1.06 bits per heavy atom. The Kier molecular flexibility index (Phi) is 6.20. The maximum absolute atomic E-state index is 12.6. The standard InChI is InChI=1S/C19H16F3N5O4S/c20-19(21,22)11-24-18(29)12-4-6-15(7-5-12)32(30,31)26-13-2-1-3-14(10-13)27-9-8-16(25-27)17(23)28/h1-10,26H,11H2,(H2,23,28)(H,24,29). The third-order valence-electron chi connectivity index (χ3n) is 4.08. The molecule has 1 aromatic heterocycles. The largest absolute Gasteiger partial charge is 0.405 e. The van der Waals surface area contributed by atoms with E-state index in [1.54, 1.807) is 17.4 Å². The number of carbonyl (C=O) groups is 2. The monoisotopic (exact) mass is 467 g/mol. The van der Waals surface area contributed by atoms with Crippen LogP contribution in [0.4, 0.5) is 18.9 Å². The van der Waals surface area contributed by atoms with Crippen LogP contribution >= 0.6 is 0 Å². The van der Waals surface area contributed by atoms with Gasteiger partial charge in [0.25, 0.3) is 21.8 Å². The third kappa shape index (κ3) is 5.63. The molecule has 0 radical (unpaired) electrons. The smallest absolute Gasteiger partial charge is 0.364 e. The highest BCUT2D eigenvalue weighted by molar-refractivity contribution is 7.92. The van der Waals surface area contributed by atoms with Gasteiger partial charge in [0, 0.05) is 11.8 Å². The number of rotatable bonds is 7. The Morgan fingerprint density at radius 3 is 2.34 bits per heavy atom. The van der Waals surface area contributed by atoms with E-state index in [-0.39, 0.29) is 21.8 Å². The van der Waals surface area contributed by atoms with Gasteiger partial charge in [-0.2, -0.15) is 18.3 Å². The van der Waals surface area contributed by atoms with Gasteiger partial charge in [-0.3, -0.25) is 14.3 Å². The van der Waals surface area contributed by atoms with Crippen LogP contribution in [0.25, 0.3) is 5.69 Å². The Bertz CT molecular complexity index is 1250. The average molecular weight is 467 g/mol. The molecule has 4 N–H and O–H groups in total. The van der Waals surface area contributed by atoms with Crippen molar-refractivity contribution in [1.82, 2.24) is 15.1 Å². The van der Waals surface area contributed by atoms with Crippen LogP contribution in [0.5, 0.6) is 0 Å². The molecule has 3 rings (SSSR count). The lowest BCUT2D eigenvalue weighted by Crippen LogP contribution is -2.33. The fourth-order valence-corrected chi connectivity index (χ4v) is 3.64. The molecule has 0 unspecified atom stereocenters. The molecule has 0 bridgehead atoms. The minimum atomic E-state index is -4.56. The summed E-state index contributed by atoms with van der Waals surface area (Å²) in [5.41, 5.74) is 5.72. The van der Waals surface area contributed by atoms with Gasteiger partial charge in [-0.05, 0) is 48.5 Å². The van der Waals surface area contributed by atoms with Crippen LogP contribution < -0.4 is 15.8 Å². The van der Waals surface area contributed by atoms with E-state index < -0.39 is 34.6 Å². The lowest BCUT2D eigenvalue weighted by atomic mass is 10.2. The minimum absolute atomic E-state index is 0.0374. The Morgan fingerprint density at radius 2 is 1.75 bits per heavy atom. The SMILES string of the molecule is NC(=O)c1ccn(-c2cccc(NS(=O)(=O)c3ccc(C(=O)NCC(F)(F)F)cc3)c2)n1. The molecule has 0 fully saturated rings. The average Bonchev–Trinajstić information content (AvgIpc) is 3.22. The van der Waals surface area contributed by atoms with Crippen molar-refractivity contribution in [3.63, 3.8) is 0 Å². The van der Waals surface area contributed by atoms with E-state index in [1.165, 1.54) is 29.1 Å². The number of anilines is 1. The maximum atomic E-state index is 12.6. The van der Waals surface area contributed by atoms with Gasteiger partial charge in [-0.1, -0.05) is 6.07 Å². The summed E-state index contributed by atoms with van der Waals surface area (Å²) in [6.45, 7) is -1.50. The van der Waals surface area contributed by atoms with Gasteiger partial charge in [0.15, 0.2) is 0 Å². The number of halogens is 3. The van der Waals surface area contributed by atoms with Crippen molar-refractivity contribution in [3.8, 4) is 5.69 Å². The zero-order valence-corrected chi connectivity index (χ0v) is 16.9. The van der Waals surface area contributed by atoms with Crippen LogP contribution in [0.1, 0.15) is 20.8 Å². The lowest BCUT2D eigenvalue weighted by Gasteiger charge is -2.11. The van der Waals surface area contributed by atoms with E-state index in [1.807, 2.05) is 0 Å². The molecule has 0 atom stereocenters. The molecule has 0 aliphatic rings. The maximum Gasteiger partial charge on any atom is 0.405 e. The van der Waals surface area contributed by atoms with Gasteiger partial charge >= 0.3 is 6.18 Å². The molecule has 32 heavy (non-hydrogen) atoms. The number of alkyl halides is 3. The predicted octanol–water partition coefficient (Wildman–Crippen LogP) is 2.06. The molecule has 0 aliphatic carbocycles. The summed E-state index contributed by atoms with van der Waals surface area (Å²) < 4.78 is 65.6. The molecule has 1 heterocycles. The van der Waals surface area contributed by atoms with Gasteiger partial charge in [0.2, 0.25) is 0 Å². The van der Waals surface area contributed by atoms with E-state index in [0.29, 0.717) is 5.69 Å². The summed E-state index contributed by atoms with van der Waals surface area (Å²) in [6, 6.07) is 12.0. The quantitative estimate of drug-likeness (QED) is 0.489. The Labute approximate surface area is 180 Å². The summed E-state index contributed by atoms with van der Waals surface area (Å²) in [5, 5.41) is 5.69. The normalized spacial score (nSPS) is 11.7. The Hall–Kier alpha value is -3.87. The number of nitrogens with one attached hydrogen (secondary N) is 2. The number of primary amides is 1. The predicted molar refractivity (Wildman–Crippen MR) is 108 cm³/mol. The van der Waals surface area contributed by atoms with Crippen LogP contribution in [0.15, 0.2) is 65.7 Å². The van der Waals surface area contributed by atoms with Gasteiger partial charge in [0.1, 0.15) is 12.2 Å². The van der Waals surface area contributed by atoms with E-state index in [0.717, 1.165) is 24.3 Å². The zero-order chi connectivity index (χ0) is 23.5. The molecule has 0 spiro atoms. The van der Waals surface area contributed by atoms with E-state index in [4.69, 9.17) is 5.73 Å². The second-order valence-electron chi connectivity index (χ2n) is 6.49. The van der Waals surface area contributed by atoms with Crippen LogP contribution in [-0.4, -0.2) is 42.7 Å². The number of hydrogen-bond acceptors (Lipinski definition) is 5. The number of sulfonamides is 1. The van der Waals surface area contributed by atoms with Crippen molar-refractivity contribution >= 4 is 27.5 Å². The van der Waals surface area contributed by atoms with E-state index in [2.05, 4.69) is 9.82 Å². The molecule has 13 heteroatoms. The highest BCUT2D eigenvalue weighted by Crippen LogP contribution is 2.20. The number of benzene rings is 2. The summed E-state index contributed by atoms with van der Waals surface area (Å²) in [6.07, 6.45) is -3.08. The molecule has 0 saturated carbocycles. The molecular weight excluding hydrogens is 451 g/mol. The van der Waals surface area contributed by atoms with Crippen LogP contribution in [0.2, 0.25) is 0 Å². The van der Waals surface area contributed by atoms with Gasteiger partial charge in [-0.15, -0.1) is 0 Å². The second-order valence-corrected chi connectivity index (χ2v) is 8.17. The highest BCUT2D eigenvalue weighted by Gasteiger charge is 2.28. The number of nitrogens with two attached hydrogens (primary N) is 1. The first kappa shape index (κ1) is 22.8. The second kappa shape index (κ2) is 8.70. The highest BCUT2D eigenvalue weighted by atomic mass is 32.2. The van der Waals surface area contributed by atoms with Crippen LogP contribution in [0, 0.1) is 0 Å². The van der Waals surface area contributed by atoms with Crippen molar-refractivity contribution in [1.29, 1.82) is 0 Å². The topological polar surface area (TPSA) is 136 Å². The fraction of sp³-hybridized carbons (Fsp3) is 0.105. The van der Waals surface area contributed by atoms with Crippen molar-refractivity contribution in [2.75, 3.05) is 11.3 Å². The number of amides is 2. The van der Waals surface area contributed by atoms with Gasteiger partial charge < -0.3 is 11.1 Å². The minimum Gasteiger partial charge on any atom is -0.364 e. The summed E-state index contributed by atoms with van der Waals surface area (Å²) in [4.78, 5) is 22.7. The van der Waals surface area contributed by atoms with Gasteiger partial charge in [-0.25, -0.2) is 13.1 Å². The van der Waals surface area contributed by atoms with Crippen molar-refractivity contribution in [2.45, 2.75) is 11.1 Å². The number of aromatic nitrogens is 2. The molecular formula is C19H16F3N5O4S. The van der Waals surface area contributed by atoms with Crippen molar-refractivity contribution in [2.24, 2.45) is 5.73 Å². The van der Waals surface area contributed by atoms with Crippen LogP contribution in [0.3, 0.4) is 0 Å². The van der Waals surface area contributed by atoms with Crippen molar-refractivity contribution in [3.05, 3.63) is 72.1 Å². The van der Waals surface area contributed by atoms with E-state index in [9.17, 15) is 31.2 Å². The number of nitrogens with zero attached hydrogens (tertiary/aromatic N) is 2. The molecule has 0 aliphatic heterocycles. The van der Waals surface area contributed by atoms with Crippen molar-refractivity contribution < 1.29 is 31.2 Å². The van der Waals surface area contributed by atoms with Gasteiger partial charge in [0.05, 0.1) is 16.3 Å². The Balaban J connectivity index is 1.75. The molecule has 168 valence electrons. The van der Waals surface area contributed by atoms with Crippen LogP contribution in [-0.2, 0) is 10.0 Å². The molecule has 2 amide bonds. The summed E-state index contributed by atoms with van der Waals surface area (Å²) >= 11 is 0. The first-order valence-electron chi connectivity index (χ1n) is 8.88. The molecule has 9 nitrogen and oxygen atoms in total. The molecule has 3 aromatic rings. The summed E-state index contributed by atoms with van der Waals surface area (Å²) in [7, 11) is -4.06. The molecule has 0 saturated heterocycles. The third-order valence-corrected chi connectivity index (χ3v) is 5.48. The number of carbonyl (C=O) groups excluding carboxylic acids is 2. The zero-order valence-electron chi connectivity index (χ0n) is 16.1. The first-order valence-corrected chi connectivity index (χ1v) is 10.4. The van der Waals surface area contributed by atoms with E-state index >= 15 is 0 Å². The first-order chi connectivity index (χ1) is 14.9.